The number of thiazole rings is 1. The predicted molar refractivity (Wildman–Crippen MR) is 119 cm³/mol. The summed E-state index contributed by atoms with van der Waals surface area (Å²) in [5, 5.41) is 4.54. The van der Waals surface area contributed by atoms with Crippen molar-refractivity contribution in [3.8, 4) is 22.6 Å². The number of nitrogens with zero attached hydrogens (tertiary/aromatic N) is 1. The third-order valence-electron chi connectivity index (χ3n) is 4.70. The highest BCUT2D eigenvalue weighted by Crippen LogP contribution is 2.29. The topological polar surface area (TPSA) is 60.5 Å². The molecule has 1 amide bonds. The van der Waals surface area contributed by atoms with Crippen LogP contribution in [0.2, 0.25) is 0 Å². The van der Waals surface area contributed by atoms with Crippen LogP contribution in [0.25, 0.3) is 11.1 Å². The number of hydrogen-bond donors (Lipinski definition) is 1. The van der Waals surface area contributed by atoms with E-state index in [1.165, 1.54) is 42.7 Å². The number of amides is 1. The van der Waals surface area contributed by atoms with Crippen LogP contribution in [0, 0.1) is 11.6 Å². The Morgan fingerprint density at radius 1 is 1.06 bits per heavy atom. The van der Waals surface area contributed by atoms with Crippen molar-refractivity contribution < 1.29 is 23.0 Å². The van der Waals surface area contributed by atoms with Crippen LogP contribution in [-0.4, -0.2) is 18.0 Å². The zero-order valence-electron chi connectivity index (χ0n) is 17.0. The Bertz CT molecular complexity index is 1250. The molecule has 162 valence electrons. The second kappa shape index (κ2) is 9.57. The maximum Gasteiger partial charge on any atom is 0.258 e. The lowest BCUT2D eigenvalue weighted by molar-refractivity contribution is 0.102. The number of methoxy groups -OCH3 is 1. The van der Waals surface area contributed by atoms with Gasteiger partial charge < -0.3 is 14.8 Å². The zero-order chi connectivity index (χ0) is 22.5. The van der Waals surface area contributed by atoms with Gasteiger partial charge in [0, 0.05) is 17.0 Å². The van der Waals surface area contributed by atoms with Crippen molar-refractivity contribution in [2.24, 2.45) is 0 Å². The molecule has 1 heterocycles. The lowest BCUT2D eigenvalue weighted by Crippen LogP contribution is -2.14. The highest BCUT2D eigenvalue weighted by Gasteiger charge is 2.16. The van der Waals surface area contributed by atoms with E-state index in [2.05, 4.69) is 10.3 Å². The summed E-state index contributed by atoms with van der Waals surface area (Å²) in [6, 6.07) is 15.1. The van der Waals surface area contributed by atoms with E-state index in [0.29, 0.717) is 22.7 Å². The minimum Gasteiger partial charge on any atom is -0.497 e. The van der Waals surface area contributed by atoms with Crippen LogP contribution >= 0.6 is 11.3 Å². The molecule has 1 aromatic heterocycles. The van der Waals surface area contributed by atoms with Gasteiger partial charge in [-0.1, -0.05) is 18.2 Å². The van der Waals surface area contributed by atoms with Crippen LogP contribution in [0.5, 0.6) is 11.5 Å². The molecule has 1 N–H and O–H groups in total. The van der Waals surface area contributed by atoms with E-state index in [0.717, 1.165) is 11.8 Å². The highest BCUT2D eigenvalue weighted by molar-refractivity contribution is 7.07. The number of rotatable bonds is 7. The summed E-state index contributed by atoms with van der Waals surface area (Å²) >= 11 is 1.46. The summed E-state index contributed by atoms with van der Waals surface area (Å²) in [6.07, 6.45) is 0. The summed E-state index contributed by atoms with van der Waals surface area (Å²) in [7, 11) is 1.43. The predicted octanol–water partition coefficient (Wildman–Crippen LogP) is 5.93. The summed E-state index contributed by atoms with van der Waals surface area (Å²) < 4.78 is 39.8. The minimum absolute atomic E-state index is 0.169. The van der Waals surface area contributed by atoms with Gasteiger partial charge in [0.1, 0.15) is 29.7 Å². The van der Waals surface area contributed by atoms with Gasteiger partial charge in [-0.15, -0.1) is 11.3 Å². The summed E-state index contributed by atoms with van der Waals surface area (Å²) in [4.78, 5) is 16.9. The monoisotopic (exact) mass is 452 g/mol. The molecule has 0 unspecified atom stereocenters. The van der Waals surface area contributed by atoms with Crippen LogP contribution < -0.4 is 14.8 Å². The van der Waals surface area contributed by atoms with E-state index in [4.69, 9.17) is 9.47 Å². The van der Waals surface area contributed by atoms with Crippen molar-refractivity contribution in [2.75, 3.05) is 12.4 Å². The van der Waals surface area contributed by atoms with Gasteiger partial charge in [0.25, 0.3) is 5.91 Å². The minimum atomic E-state index is -0.768. The van der Waals surface area contributed by atoms with Gasteiger partial charge in [0.05, 0.1) is 29.6 Å². The lowest BCUT2D eigenvalue weighted by atomic mass is 10.0. The molecule has 0 aliphatic heterocycles. The summed E-state index contributed by atoms with van der Waals surface area (Å²) in [5.74, 6) is -1.17. The number of carbonyl (C=O) groups is 1. The number of anilines is 1. The molecule has 4 aromatic rings. The van der Waals surface area contributed by atoms with E-state index in [9.17, 15) is 13.6 Å². The Hall–Kier alpha value is -3.78. The first-order chi connectivity index (χ1) is 15.5. The van der Waals surface area contributed by atoms with Gasteiger partial charge in [-0.2, -0.15) is 0 Å². The largest absolute Gasteiger partial charge is 0.497 e. The molecule has 0 saturated carbocycles. The van der Waals surface area contributed by atoms with Gasteiger partial charge in [0.15, 0.2) is 0 Å². The van der Waals surface area contributed by atoms with Crippen LogP contribution in [0.4, 0.5) is 14.5 Å². The quantitative estimate of drug-likeness (QED) is 0.378. The molecule has 0 saturated heterocycles. The Kier molecular flexibility index (Phi) is 6.42. The highest BCUT2D eigenvalue weighted by atomic mass is 32.1. The number of carbonyl (C=O) groups excluding carboxylic acids is 1. The molecular formula is C24H18F2N2O3S. The van der Waals surface area contributed by atoms with Crippen molar-refractivity contribution >= 4 is 22.9 Å². The maximum absolute atomic E-state index is 14.8. The van der Waals surface area contributed by atoms with Crippen LogP contribution in [0.15, 0.2) is 71.6 Å². The number of halogens is 2. The second-order valence-corrected chi connectivity index (χ2v) is 7.48. The molecule has 0 fully saturated rings. The maximum atomic E-state index is 14.8. The van der Waals surface area contributed by atoms with E-state index in [-0.39, 0.29) is 17.7 Å². The number of hydrogen-bond acceptors (Lipinski definition) is 5. The third kappa shape index (κ3) is 4.76. The van der Waals surface area contributed by atoms with Crippen LogP contribution in [-0.2, 0) is 6.61 Å². The number of benzene rings is 3. The molecular weight excluding hydrogens is 434 g/mol. The fourth-order valence-corrected chi connectivity index (χ4v) is 3.61. The third-order valence-corrected chi connectivity index (χ3v) is 5.33. The molecule has 0 atom stereocenters. The summed E-state index contributed by atoms with van der Waals surface area (Å²) in [5.41, 5.74) is 3.22. The Labute approximate surface area is 187 Å². The molecule has 4 rings (SSSR count). The molecule has 0 bridgehead atoms. The molecule has 8 heteroatoms. The van der Waals surface area contributed by atoms with Crippen LogP contribution in [0.3, 0.4) is 0 Å². The number of ether oxygens (including phenoxy) is 2. The molecule has 0 aliphatic carbocycles. The van der Waals surface area contributed by atoms with Crippen molar-refractivity contribution in [2.45, 2.75) is 6.61 Å². The number of nitrogens with one attached hydrogen (secondary N) is 1. The van der Waals surface area contributed by atoms with Crippen molar-refractivity contribution in [3.05, 3.63) is 94.4 Å². The smallest absolute Gasteiger partial charge is 0.258 e. The lowest BCUT2D eigenvalue weighted by Gasteiger charge is -2.13. The second-order valence-electron chi connectivity index (χ2n) is 6.76. The van der Waals surface area contributed by atoms with Crippen molar-refractivity contribution in [1.82, 2.24) is 4.98 Å². The first-order valence-corrected chi connectivity index (χ1v) is 10.5. The zero-order valence-corrected chi connectivity index (χ0v) is 17.8. The van der Waals surface area contributed by atoms with Gasteiger partial charge >= 0.3 is 0 Å². The normalized spacial score (nSPS) is 10.6. The van der Waals surface area contributed by atoms with E-state index in [1.807, 2.05) is 5.38 Å². The average molecular weight is 452 g/mol. The van der Waals surface area contributed by atoms with Gasteiger partial charge in [-0.05, 0) is 42.0 Å². The first-order valence-electron chi connectivity index (χ1n) is 9.59. The number of aromatic nitrogens is 1. The fourth-order valence-electron chi connectivity index (χ4n) is 3.07. The van der Waals surface area contributed by atoms with E-state index >= 15 is 0 Å². The molecule has 5 nitrogen and oxygen atoms in total. The molecule has 0 aliphatic rings. The Morgan fingerprint density at radius 2 is 1.91 bits per heavy atom. The average Bonchev–Trinajstić information content (AvgIpc) is 3.32. The van der Waals surface area contributed by atoms with Gasteiger partial charge in [-0.3, -0.25) is 4.79 Å². The first kappa shape index (κ1) is 21.5. The molecule has 0 spiro atoms. The fraction of sp³-hybridized carbons (Fsp3) is 0.0833. The van der Waals surface area contributed by atoms with E-state index in [1.54, 1.807) is 35.8 Å². The standard InChI is InChI=1S/C24H18F2N2O3S/c1-30-17-7-9-18(21(26)11-17)15-6-8-19(20(25)10-15)24(29)28-22-4-2-3-5-23(22)31-12-16-13-32-14-27-16/h2-11,13-14H,12H2,1H3,(H,28,29). The SMILES string of the molecule is COc1ccc(-c2ccc(C(=O)Nc3ccccc3OCc3cscn3)c(F)c2)c(F)c1. The molecule has 0 radical (unpaired) electrons. The van der Waals surface area contributed by atoms with Crippen molar-refractivity contribution in [3.63, 3.8) is 0 Å². The Morgan fingerprint density at radius 3 is 2.62 bits per heavy atom. The van der Waals surface area contributed by atoms with Crippen molar-refractivity contribution in [1.29, 1.82) is 0 Å². The number of para-hydroxylation sites is 2. The Balaban J connectivity index is 1.52. The molecule has 3 aromatic carbocycles. The summed E-state index contributed by atoms with van der Waals surface area (Å²) in [6.45, 7) is 0.243. The van der Waals surface area contributed by atoms with Crippen LogP contribution in [0.1, 0.15) is 16.1 Å². The van der Waals surface area contributed by atoms with E-state index < -0.39 is 17.5 Å². The van der Waals surface area contributed by atoms with Gasteiger partial charge in [-0.25, -0.2) is 13.8 Å². The van der Waals surface area contributed by atoms with Gasteiger partial charge in [0.2, 0.25) is 0 Å². The molecule has 32 heavy (non-hydrogen) atoms.